The Kier molecular flexibility index (Phi) is 6.84. The Balaban J connectivity index is 1.89. The van der Waals surface area contributed by atoms with Gasteiger partial charge in [-0.2, -0.15) is 0 Å². The standard InChI is InChI=1S/C21H16Cl2N2O5S/c1-30-21(27)16-4-2-3-5-18(16)24-20(26)13-6-11-17(23)19(12-13)31(28,29)25-15-9-7-14(22)8-10-15/h2-12,25H,1H3,(H,24,26). The minimum Gasteiger partial charge on any atom is -0.465 e. The van der Waals surface area contributed by atoms with Crippen molar-refractivity contribution >= 4 is 56.5 Å². The highest BCUT2D eigenvalue weighted by molar-refractivity contribution is 7.92. The number of sulfonamides is 1. The molecule has 0 spiro atoms. The molecule has 2 N–H and O–H groups in total. The smallest absolute Gasteiger partial charge is 0.339 e. The number of anilines is 2. The molecule has 0 radical (unpaired) electrons. The van der Waals surface area contributed by atoms with E-state index in [0.717, 1.165) is 6.07 Å². The van der Waals surface area contributed by atoms with E-state index in [4.69, 9.17) is 27.9 Å². The summed E-state index contributed by atoms with van der Waals surface area (Å²) in [5.41, 5.74) is 0.686. The first-order chi connectivity index (χ1) is 14.7. The first kappa shape index (κ1) is 22.6. The van der Waals surface area contributed by atoms with Gasteiger partial charge in [0.1, 0.15) is 4.90 Å². The highest BCUT2D eigenvalue weighted by Gasteiger charge is 2.21. The summed E-state index contributed by atoms with van der Waals surface area (Å²) in [6, 6.07) is 16.2. The Morgan fingerprint density at radius 3 is 2.29 bits per heavy atom. The van der Waals surface area contributed by atoms with Gasteiger partial charge < -0.3 is 10.1 Å². The van der Waals surface area contributed by atoms with Gasteiger partial charge in [0, 0.05) is 16.3 Å². The van der Waals surface area contributed by atoms with Crippen LogP contribution in [0.3, 0.4) is 0 Å². The predicted molar refractivity (Wildman–Crippen MR) is 119 cm³/mol. The first-order valence-corrected chi connectivity index (χ1v) is 11.0. The average Bonchev–Trinajstić information content (AvgIpc) is 2.75. The summed E-state index contributed by atoms with van der Waals surface area (Å²) in [5, 5.41) is 2.97. The van der Waals surface area contributed by atoms with Crippen molar-refractivity contribution in [1.29, 1.82) is 0 Å². The summed E-state index contributed by atoms with van der Waals surface area (Å²) in [5.74, 6) is -1.25. The second kappa shape index (κ2) is 9.38. The quantitative estimate of drug-likeness (QED) is 0.493. The fraction of sp³-hybridized carbons (Fsp3) is 0.0476. The van der Waals surface area contributed by atoms with E-state index < -0.39 is 21.9 Å². The largest absolute Gasteiger partial charge is 0.465 e. The van der Waals surface area contributed by atoms with Gasteiger partial charge in [0.25, 0.3) is 15.9 Å². The molecule has 1 amide bonds. The van der Waals surface area contributed by atoms with Crippen molar-refractivity contribution in [2.45, 2.75) is 4.90 Å². The normalized spacial score (nSPS) is 10.9. The highest BCUT2D eigenvalue weighted by Crippen LogP contribution is 2.26. The maximum absolute atomic E-state index is 12.8. The number of rotatable bonds is 6. The minimum absolute atomic E-state index is 0.0283. The molecule has 0 aliphatic heterocycles. The lowest BCUT2D eigenvalue weighted by molar-refractivity contribution is 0.0602. The number of amides is 1. The zero-order chi connectivity index (χ0) is 22.6. The van der Waals surface area contributed by atoms with E-state index in [2.05, 4.69) is 10.0 Å². The number of para-hydroxylation sites is 1. The molecule has 0 aliphatic rings. The van der Waals surface area contributed by atoms with Gasteiger partial charge in [-0.25, -0.2) is 13.2 Å². The Bertz CT molecular complexity index is 1240. The fourth-order valence-corrected chi connectivity index (χ4v) is 4.36. The van der Waals surface area contributed by atoms with Crippen LogP contribution in [0.4, 0.5) is 11.4 Å². The van der Waals surface area contributed by atoms with Gasteiger partial charge in [0.15, 0.2) is 0 Å². The van der Waals surface area contributed by atoms with E-state index in [-0.39, 0.29) is 32.4 Å². The van der Waals surface area contributed by atoms with Crippen LogP contribution in [-0.2, 0) is 14.8 Å². The van der Waals surface area contributed by atoms with Crippen LogP contribution in [0.15, 0.2) is 71.6 Å². The molecule has 0 atom stereocenters. The molecule has 0 saturated heterocycles. The van der Waals surface area contributed by atoms with Crippen LogP contribution in [0.2, 0.25) is 10.0 Å². The predicted octanol–water partition coefficient (Wildman–Crippen LogP) is 4.83. The number of nitrogens with one attached hydrogen (secondary N) is 2. The molecule has 0 fully saturated rings. The van der Waals surface area contributed by atoms with Crippen LogP contribution in [-0.4, -0.2) is 27.4 Å². The Morgan fingerprint density at radius 2 is 1.61 bits per heavy atom. The van der Waals surface area contributed by atoms with Gasteiger partial charge in [-0.05, 0) is 54.6 Å². The molecule has 0 aromatic heterocycles. The lowest BCUT2D eigenvalue weighted by atomic mass is 10.1. The molecule has 3 rings (SSSR count). The summed E-state index contributed by atoms with van der Waals surface area (Å²) in [6.07, 6.45) is 0. The van der Waals surface area contributed by atoms with E-state index >= 15 is 0 Å². The Morgan fingerprint density at radius 1 is 0.935 bits per heavy atom. The molecule has 0 saturated carbocycles. The third-order valence-corrected chi connectivity index (χ3v) is 6.27. The molecular weight excluding hydrogens is 463 g/mol. The van der Waals surface area contributed by atoms with Crippen LogP contribution < -0.4 is 10.0 Å². The zero-order valence-corrected chi connectivity index (χ0v) is 18.4. The van der Waals surface area contributed by atoms with E-state index in [0.29, 0.717) is 5.02 Å². The maximum Gasteiger partial charge on any atom is 0.339 e. The average molecular weight is 479 g/mol. The topological polar surface area (TPSA) is 102 Å². The van der Waals surface area contributed by atoms with Gasteiger partial charge in [0.2, 0.25) is 0 Å². The van der Waals surface area contributed by atoms with Crippen molar-refractivity contribution < 1.29 is 22.7 Å². The van der Waals surface area contributed by atoms with Crippen molar-refractivity contribution in [2.24, 2.45) is 0 Å². The van der Waals surface area contributed by atoms with Gasteiger partial charge in [0.05, 0.1) is 23.4 Å². The molecule has 0 heterocycles. The number of esters is 1. The van der Waals surface area contributed by atoms with Crippen molar-refractivity contribution in [2.75, 3.05) is 17.1 Å². The summed E-state index contributed by atoms with van der Waals surface area (Å²) in [7, 11) is -2.86. The van der Waals surface area contributed by atoms with Gasteiger partial charge in [-0.1, -0.05) is 35.3 Å². The second-order valence-electron chi connectivity index (χ2n) is 6.25. The van der Waals surface area contributed by atoms with E-state index in [1.807, 2.05) is 0 Å². The molecule has 0 bridgehead atoms. The van der Waals surface area contributed by atoms with Crippen LogP contribution in [0.25, 0.3) is 0 Å². The van der Waals surface area contributed by atoms with Gasteiger partial charge in [-0.3, -0.25) is 9.52 Å². The maximum atomic E-state index is 12.8. The lowest BCUT2D eigenvalue weighted by Crippen LogP contribution is -2.17. The number of methoxy groups -OCH3 is 1. The van der Waals surface area contributed by atoms with E-state index in [9.17, 15) is 18.0 Å². The van der Waals surface area contributed by atoms with E-state index in [1.165, 1.54) is 55.6 Å². The monoisotopic (exact) mass is 478 g/mol. The van der Waals surface area contributed by atoms with Crippen LogP contribution in [0.1, 0.15) is 20.7 Å². The van der Waals surface area contributed by atoms with Crippen molar-refractivity contribution in [3.8, 4) is 0 Å². The highest BCUT2D eigenvalue weighted by atomic mass is 35.5. The SMILES string of the molecule is COC(=O)c1ccccc1NC(=O)c1ccc(Cl)c(S(=O)(=O)Nc2ccc(Cl)cc2)c1. The summed E-state index contributed by atoms with van der Waals surface area (Å²) in [4.78, 5) is 24.3. The number of carbonyl (C=O) groups excluding carboxylic acids is 2. The Labute approximate surface area is 189 Å². The van der Waals surface area contributed by atoms with Crippen LogP contribution >= 0.6 is 23.2 Å². The molecule has 0 unspecified atom stereocenters. The molecule has 7 nitrogen and oxygen atoms in total. The van der Waals surface area contributed by atoms with Gasteiger partial charge in [-0.15, -0.1) is 0 Å². The number of ether oxygens (including phenoxy) is 1. The molecule has 160 valence electrons. The minimum atomic E-state index is -4.09. The summed E-state index contributed by atoms with van der Waals surface area (Å²) < 4.78 is 32.7. The Hall–Kier alpha value is -3.07. The zero-order valence-electron chi connectivity index (χ0n) is 16.1. The number of hydrogen-bond donors (Lipinski definition) is 2. The number of benzene rings is 3. The summed E-state index contributed by atoms with van der Waals surface area (Å²) in [6.45, 7) is 0. The summed E-state index contributed by atoms with van der Waals surface area (Å²) >= 11 is 11.9. The first-order valence-electron chi connectivity index (χ1n) is 8.78. The van der Waals surface area contributed by atoms with Crippen molar-refractivity contribution in [1.82, 2.24) is 0 Å². The van der Waals surface area contributed by atoms with Crippen molar-refractivity contribution in [3.63, 3.8) is 0 Å². The van der Waals surface area contributed by atoms with E-state index in [1.54, 1.807) is 12.1 Å². The van der Waals surface area contributed by atoms with Crippen LogP contribution in [0, 0.1) is 0 Å². The molecule has 31 heavy (non-hydrogen) atoms. The third-order valence-electron chi connectivity index (χ3n) is 4.16. The fourth-order valence-electron chi connectivity index (χ4n) is 2.65. The van der Waals surface area contributed by atoms with Crippen LogP contribution in [0.5, 0.6) is 0 Å². The number of hydrogen-bond acceptors (Lipinski definition) is 5. The molecular formula is C21H16Cl2N2O5S. The number of halogens is 2. The molecule has 3 aromatic carbocycles. The lowest BCUT2D eigenvalue weighted by Gasteiger charge is -2.12. The molecule has 10 heteroatoms. The second-order valence-corrected chi connectivity index (χ2v) is 8.74. The number of carbonyl (C=O) groups is 2. The van der Waals surface area contributed by atoms with Crippen molar-refractivity contribution in [3.05, 3.63) is 87.9 Å². The van der Waals surface area contributed by atoms with Gasteiger partial charge >= 0.3 is 5.97 Å². The third kappa shape index (κ3) is 5.35. The molecule has 3 aromatic rings. The molecule has 0 aliphatic carbocycles.